The highest BCUT2D eigenvalue weighted by Crippen LogP contribution is 2.21. The van der Waals surface area contributed by atoms with Crippen LogP contribution in [0.3, 0.4) is 0 Å². The number of nitrogens with zero attached hydrogens (tertiary/aromatic N) is 1. The third kappa shape index (κ3) is 9.78. The standard InChI is InChI=1S/C18H38N2O2/c1-4-19-17-9-11-18(12-10-17)22-15-8-6-5-7-13-20(2)14-16-21-3/h17-19H,4-16H2,1-3H3. The SMILES string of the molecule is CCNC1CCC(OCCCCCCN(C)CCOC)CC1. The van der Waals surface area contributed by atoms with Gasteiger partial charge in [0.15, 0.2) is 0 Å². The van der Waals surface area contributed by atoms with E-state index in [0.717, 1.165) is 32.3 Å². The van der Waals surface area contributed by atoms with Crippen LogP contribution in [0.25, 0.3) is 0 Å². The Bertz CT molecular complexity index is 243. The van der Waals surface area contributed by atoms with Crippen LogP contribution in [0.2, 0.25) is 0 Å². The summed E-state index contributed by atoms with van der Waals surface area (Å²) in [6, 6.07) is 0.736. The highest BCUT2D eigenvalue weighted by molar-refractivity contribution is 4.77. The summed E-state index contributed by atoms with van der Waals surface area (Å²) in [6.45, 7) is 7.29. The third-order valence-electron chi connectivity index (χ3n) is 4.63. The number of nitrogens with one attached hydrogen (secondary N) is 1. The zero-order chi connectivity index (χ0) is 16.0. The molecule has 0 atom stereocenters. The monoisotopic (exact) mass is 314 g/mol. The molecule has 0 bridgehead atoms. The van der Waals surface area contributed by atoms with Crippen LogP contribution in [-0.4, -0.2) is 64.1 Å². The maximum atomic E-state index is 6.04. The topological polar surface area (TPSA) is 33.7 Å². The van der Waals surface area contributed by atoms with Gasteiger partial charge in [-0.15, -0.1) is 0 Å². The van der Waals surface area contributed by atoms with Gasteiger partial charge in [0.25, 0.3) is 0 Å². The molecule has 1 aliphatic carbocycles. The van der Waals surface area contributed by atoms with Gasteiger partial charge in [0.2, 0.25) is 0 Å². The lowest BCUT2D eigenvalue weighted by atomic mass is 9.93. The molecule has 0 amide bonds. The molecule has 1 aliphatic rings. The second kappa shape index (κ2) is 13.3. The summed E-state index contributed by atoms with van der Waals surface area (Å²) in [5.41, 5.74) is 0. The Morgan fingerprint density at radius 3 is 2.36 bits per heavy atom. The molecule has 1 fully saturated rings. The summed E-state index contributed by atoms with van der Waals surface area (Å²) in [4.78, 5) is 2.35. The first-order valence-corrected chi connectivity index (χ1v) is 9.28. The predicted octanol–water partition coefficient (Wildman–Crippen LogP) is 3.06. The fraction of sp³-hybridized carbons (Fsp3) is 1.00. The van der Waals surface area contributed by atoms with Crippen molar-refractivity contribution in [2.75, 3.05) is 47.0 Å². The van der Waals surface area contributed by atoms with E-state index in [2.05, 4.69) is 24.2 Å². The van der Waals surface area contributed by atoms with Crippen molar-refractivity contribution in [2.24, 2.45) is 0 Å². The number of unbranched alkanes of at least 4 members (excludes halogenated alkanes) is 3. The summed E-state index contributed by atoms with van der Waals surface area (Å²) in [5.74, 6) is 0. The van der Waals surface area contributed by atoms with Crippen molar-refractivity contribution in [3.63, 3.8) is 0 Å². The Labute approximate surface area is 137 Å². The summed E-state index contributed by atoms with van der Waals surface area (Å²) < 4.78 is 11.1. The Morgan fingerprint density at radius 1 is 0.955 bits per heavy atom. The first kappa shape index (κ1) is 19.9. The summed E-state index contributed by atoms with van der Waals surface area (Å²) in [6.07, 6.45) is 10.7. The van der Waals surface area contributed by atoms with Crippen LogP contribution < -0.4 is 5.32 Å². The van der Waals surface area contributed by atoms with E-state index >= 15 is 0 Å². The minimum absolute atomic E-state index is 0.523. The van der Waals surface area contributed by atoms with E-state index in [9.17, 15) is 0 Å². The third-order valence-corrected chi connectivity index (χ3v) is 4.63. The Balaban J connectivity index is 1.86. The molecule has 132 valence electrons. The molecule has 0 aromatic heterocycles. The molecule has 0 spiro atoms. The number of hydrogen-bond acceptors (Lipinski definition) is 4. The molecule has 0 aromatic rings. The van der Waals surface area contributed by atoms with Gasteiger partial charge in [-0.1, -0.05) is 19.8 Å². The summed E-state index contributed by atoms with van der Waals surface area (Å²) in [7, 11) is 3.94. The van der Waals surface area contributed by atoms with Gasteiger partial charge in [-0.05, 0) is 58.7 Å². The number of rotatable bonds is 13. The van der Waals surface area contributed by atoms with Crippen molar-refractivity contribution in [1.29, 1.82) is 0 Å². The Kier molecular flexibility index (Phi) is 12.0. The molecule has 0 heterocycles. The smallest absolute Gasteiger partial charge is 0.0589 e. The highest BCUT2D eigenvalue weighted by atomic mass is 16.5. The second-order valence-electron chi connectivity index (χ2n) is 6.61. The number of ether oxygens (including phenoxy) is 2. The first-order chi connectivity index (χ1) is 10.8. The maximum absolute atomic E-state index is 6.04. The van der Waals surface area contributed by atoms with Gasteiger partial charge >= 0.3 is 0 Å². The lowest BCUT2D eigenvalue weighted by molar-refractivity contribution is 0.0205. The molecule has 0 aromatic carbocycles. The predicted molar refractivity (Wildman–Crippen MR) is 93.5 cm³/mol. The average molecular weight is 315 g/mol. The highest BCUT2D eigenvalue weighted by Gasteiger charge is 2.20. The molecule has 4 heteroatoms. The molecule has 1 N–H and O–H groups in total. The molecular weight excluding hydrogens is 276 g/mol. The van der Waals surface area contributed by atoms with Crippen LogP contribution >= 0.6 is 0 Å². The molecule has 1 rings (SSSR count). The van der Waals surface area contributed by atoms with Crippen LogP contribution in [0.5, 0.6) is 0 Å². The molecule has 4 nitrogen and oxygen atoms in total. The van der Waals surface area contributed by atoms with E-state index < -0.39 is 0 Å². The number of likely N-dealkylation sites (N-methyl/N-ethyl adjacent to an activating group) is 1. The fourth-order valence-electron chi connectivity index (χ4n) is 3.17. The normalized spacial score (nSPS) is 22.4. The van der Waals surface area contributed by atoms with Gasteiger partial charge in [-0.2, -0.15) is 0 Å². The minimum atomic E-state index is 0.523. The van der Waals surface area contributed by atoms with Crippen molar-refractivity contribution < 1.29 is 9.47 Å². The molecular formula is C18H38N2O2. The molecule has 1 saturated carbocycles. The van der Waals surface area contributed by atoms with E-state index in [1.807, 2.05) is 0 Å². The van der Waals surface area contributed by atoms with E-state index in [1.165, 1.54) is 57.9 Å². The lowest BCUT2D eigenvalue weighted by Gasteiger charge is -2.29. The van der Waals surface area contributed by atoms with Crippen LogP contribution in [0.15, 0.2) is 0 Å². The quantitative estimate of drug-likeness (QED) is 0.530. The van der Waals surface area contributed by atoms with Gasteiger partial charge < -0.3 is 19.7 Å². The Hall–Kier alpha value is -0.160. The van der Waals surface area contributed by atoms with Gasteiger partial charge in [0, 0.05) is 26.3 Å². The van der Waals surface area contributed by atoms with Crippen LogP contribution in [0.4, 0.5) is 0 Å². The van der Waals surface area contributed by atoms with Gasteiger partial charge in [-0.25, -0.2) is 0 Å². The summed E-state index contributed by atoms with van der Waals surface area (Å²) in [5, 5.41) is 3.55. The molecule has 22 heavy (non-hydrogen) atoms. The zero-order valence-corrected chi connectivity index (χ0v) is 15.1. The van der Waals surface area contributed by atoms with E-state index in [1.54, 1.807) is 7.11 Å². The minimum Gasteiger partial charge on any atom is -0.383 e. The van der Waals surface area contributed by atoms with Gasteiger partial charge in [0.1, 0.15) is 0 Å². The Morgan fingerprint density at radius 2 is 1.68 bits per heavy atom. The molecule has 0 unspecified atom stereocenters. The van der Waals surface area contributed by atoms with Crippen molar-refractivity contribution in [3.05, 3.63) is 0 Å². The molecule has 0 saturated heterocycles. The average Bonchev–Trinajstić information content (AvgIpc) is 2.54. The zero-order valence-electron chi connectivity index (χ0n) is 15.1. The number of hydrogen-bond donors (Lipinski definition) is 1. The van der Waals surface area contributed by atoms with Crippen LogP contribution in [0.1, 0.15) is 58.3 Å². The van der Waals surface area contributed by atoms with Crippen molar-refractivity contribution in [1.82, 2.24) is 10.2 Å². The van der Waals surface area contributed by atoms with Gasteiger partial charge in [0.05, 0.1) is 12.7 Å². The first-order valence-electron chi connectivity index (χ1n) is 9.28. The van der Waals surface area contributed by atoms with E-state index in [-0.39, 0.29) is 0 Å². The summed E-state index contributed by atoms with van der Waals surface area (Å²) >= 11 is 0. The van der Waals surface area contributed by atoms with E-state index in [4.69, 9.17) is 9.47 Å². The van der Waals surface area contributed by atoms with Crippen LogP contribution in [0, 0.1) is 0 Å². The van der Waals surface area contributed by atoms with Crippen molar-refractivity contribution >= 4 is 0 Å². The maximum Gasteiger partial charge on any atom is 0.0589 e. The number of methoxy groups -OCH3 is 1. The van der Waals surface area contributed by atoms with E-state index in [0.29, 0.717) is 6.10 Å². The second-order valence-corrected chi connectivity index (χ2v) is 6.61. The lowest BCUT2D eigenvalue weighted by Crippen LogP contribution is -2.35. The molecule has 0 radical (unpaired) electrons. The van der Waals surface area contributed by atoms with Crippen molar-refractivity contribution in [2.45, 2.75) is 70.4 Å². The molecule has 0 aliphatic heterocycles. The fourth-order valence-corrected chi connectivity index (χ4v) is 3.17. The van der Waals surface area contributed by atoms with Gasteiger partial charge in [-0.3, -0.25) is 0 Å². The largest absolute Gasteiger partial charge is 0.383 e. The van der Waals surface area contributed by atoms with Crippen LogP contribution in [-0.2, 0) is 9.47 Å². The van der Waals surface area contributed by atoms with Crippen molar-refractivity contribution in [3.8, 4) is 0 Å².